The van der Waals surface area contributed by atoms with Crippen LogP contribution in [-0.4, -0.2) is 47.9 Å². The monoisotopic (exact) mass is 510 g/mol. The molecule has 182 valence electrons. The zero-order chi connectivity index (χ0) is 25.4. The fraction of sp³-hybridized carbons (Fsp3) is 0.280. The van der Waals surface area contributed by atoms with E-state index < -0.39 is 11.9 Å². The number of hydrogen-bond acceptors (Lipinski definition) is 8. The molecule has 0 aliphatic heterocycles. The molecule has 0 radical (unpaired) electrons. The fourth-order valence-corrected chi connectivity index (χ4v) is 5.96. The molecule has 0 saturated heterocycles. The minimum atomic E-state index is -0.531. The summed E-state index contributed by atoms with van der Waals surface area (Å²) in [7, 11) is 5.09. The number of hydrogen-bond donors (Lipinski definition) is 2. The Morgan fingerprint density at radius 2 is 1.91 bits per heavy atom. The SMILES string of the molecule is COC(=O)c1c(-c2cc(C)ccc2C)csc1NC(=O)c1sc2nc(CN(C)C)[nH]c(=O)c2c1C. The second kappa shape index (κ2) is 9.73. The standard InChI is InChI=1S/C25H26N4O4S2/c1-12-7-8-13(2)15(9-12)16-11-34-23(19(16)25(32)33-6)28-22(31)20-14(3)18-21(30)26-17(10-29(4)5)27-24(18)35-20/h7-9,11H,10H2,1-6H3,(H,28,31)(H,26,27,30). The lowest BCUT2D eigenvalue weighted by atomic mass is 9.97. The van der Waals surface area contributed by atoms with Crippen LogP contribution < -0.4 is 10.9 Å². The lowest BCUT2D eigenvalue weighted by molar-refractivity contribution is 0.0603. The molecule has 1 amide bonds. The molecule has 8 nitrogen and oxygen atoms in total. The molecule has 4 rings (SSSR count). The summed E-state index contributed by atoms with van der Waals surface area (Å²) < 4.78 is 5.05. The number of aryl methyl sites for hydroxylation is 3. The molecular formula is C25H26N4O4S2. The van der Waals surface area contributed by atoms with Crippen molar-refractivity contribution in [2.24, 2.45) is 0 Å². The Hall–Kier alpha value is -3.34. The van der Waals surface area contributed by atoms with Gasteiger partial charge in [-0.1, -0.05) is 23.8 Å². The van der Waals surface area contributed by atoms with Crippen molar-refractivity contribution >= 4 is 49.8 Å². The smallest absolute Gasteiger partial charge is 0.341 e. The van der Waals surface area contributed by atoms with E-state index >= 15 is 0 Å². The van der Waals surface area contributed by atoms with Crippen LogP contribution in [0.3, 0.4) is 0 Å². The highest BCUT2D eigenvalue weighted by molar-refractivity contribution is 7.21. The number of amides is 1. The Bertz CT molecular complexity index is 1510. The molecule has 1 aromatic carbocycles. The number of rotatable bonds is 6. The quantitative estimate of drug-likeness (QED) is 0.363. The van der Waals surface area contributed by atoms with Crippen molar-refractivity contribution in [2.75, 3.05) is 26.5 Å². The highest BCUT2D eigenvalue weighted by Crippen LogP contribution is 2.38. The topological polar surface area (TPSA) is 104 Å². The van der Waals surface area contributed by atoms with Crippen LogP contribution in [0.2, 0.25) is 0 Å². The van der Waals surface area contributed by atoms with Gasteiger partial charge in [-0.3, -0.25) is 9.59 Å². The summed E-state index contributed by atoms with van der Waals surface area (Å²) in [5.41, 5.74) is 4.27. The van der Waals surface area contributed by atoms with Gasteiger partial charge in [-0.25, -0.2) is 9.78 Å². The van der Waals surface area contributed by atoms with Gasteiger partial charge in [-0.05, 0) is 51.6 Å². The van der Waals surface area contributed by atoms with Crippen molar-refractivity contribution < 1.29 is 14.3 Å². The number of methoxy groups -OCH3 is 1. The summed E-state index contributed by atoms with van der Waals surface area (Å²) in [6, 6.07) is 6.02. The lowest BCUT2D eigenvalue weighted by Crippen LogP contribution is -2.18. The second-order valence-electron chi connectivity index (χ2n) is 8.60. The van der Waals surface area contributed by atoms with Crippen LogP contribution in [0, 0.1) is 20.8 Å². The first kappa shape index (κ1) is 24.8. The number of benzene rings is 1. The van der Waals surface area contributed by atoms with Crippen molar-refractivity contribution in [3.63, 3.8) is 0 Å². The van der Waals surface area contributed by atoms with Gasteiger partial charge in [0.05, 0.1) is 23.9 Å². The second-order valence-corrected chi connectivity index (χ2v) is 10.5. The number of carbonyl (C=O) groups is 2. The molecule has 0 spiro atoms. The predicted molar refractivity (Wildman–Crippen MR) is 141 cm³/mol. The van der Waals surface area contributed by atoms with Gasteiger partial charge < -0.3 is 19.9 Å². The summed E-state index contributed by atoms with van der Waals surface area (Å²) in [6.07, 6.45) is 0. The first-order chi connectivity index (χ1) is 16.6. The van der Waals surface area contributed by atoms with Crippen molar-refractivity contribution in [1.82, 2.24) is 14.9 Å². The Morgan fingerprint density at radius 1 is 1.17 bits per heavy atom. The average molecular weight is 511 g/mol. The lowest BCUT2D eigenvalue weighted by Gasteiger charge is -2.10. The van der Waals surface area contributed by atoms with Crippen molar-refractivity contribution in [3.05, 3.63) is 66.9 Å². The largest absolute Gasteiger partial charge is 0.465 e. The highest BCUT2D eigenvalue weighted by atomic mass is 32.1. The van der Waals surface area contributed by atoms with E-state index in [1.165, 1.54) is 18.4 Å². The van der Waals surface area contributed by atoms with Gasteiger partial charge in [0.2, 0.25) is 0 Å². The molecule has 0 aliphatic rings. The minimum Gasteiger partial charge on any atom is -0.465 e. The first-order valence-corrected chi connectivity index (χ1v) is 12.6. The van der Waals surface area contributed by atoms with E-state index in [2.05, 4.69) is 15.3 Å². The fourth-order valence-electron chi connectivity index (χ4n) is 3.92. The van der Waals surface area contributed by atoms with Crippen LogP contribution in [0.1, 0.15) is 42.5 Å². The Morgan fingerprint density at radius 3 is 2.60 bits per heavy atom. The molecule has 0 aliphatic carbocycles. The number of anilines is 1. The maximum absolute atomic E-state index is 13.3. The normalized spacial score (nSPS) is 11.3. The molecule has 0 atom stereocenters. The number of nitrogens with one attached hydrogen (secondary N) is 2. The van der Waals surface area contributed by atoms with Gasteiger partial charge in [-0.15, -0.1) is 22.7 Å². The Balaban J connectivity index is 1.75. The summed E-state index contributed by atoms with van der Waals surface area (Å²) >= 11 is 2.42. The summed E-state index contributed by atoms with van der Waals surface area (Å²) in [6.45, 7) is 6.16. The van der Waals surface area contributed by atoms with Crippen molar-refractivity contribution in [1.29, 1.82) is 0 Å². The molecule has 10 heteroatoms. The number of carbonyl (C=O) groups excluding carboxylic acids is 2. The molecule has 0 unspecified atom stereocenters. The van der Waals surface area contributed by atoms with E-state index in [4.69, 9.17) is 4.74 Å². The molecule has 0 saturated carbocycles. The average Bonchev–Trinajstić information content (AvgIpc) is 3.35. The molecule has 35 heavy (non-hydrogen) atoms. The van der Waals surface area contributed by atoms with Crippen LogP contribution in [-0.2, 0) is 11.3 Å². The van der Waals surface area contributed by atoms with Gasteiger partial charge >= 0.3 is 5.97 Å². The number of H-pyrrole nitrogens is 1. The number of esters is 1. The third kappa shape index (κ3) is 4.77. The van der Waals surface area contributed by atoms with E-state index in [1.54, 1.807) is 6.92 Å². The third-order valence-corrected chi connectivity index (χ3v) is 7.69. The third-order valence-electron chi connectivity index (χ3n) is 5.61. The van der Waals surface area contributed by atoms with E-state index in [1.807, 2.05) is 56.4 Å². The Kier molecular flexibility index (Phi) is 6.88. The number of aromatic nitrogens is 2. The minimum absolute atomic E-state index is 0.275. The van der Waals surface area contributed by atoms with Gasteiger partial charge in [0, 0.05) is 10.9 Å². The van der Waals surface area contributed by atoms with Crippen LogP contribution in [0.25, 0.3) is 21.3 Å². The van der Waals surface area contributed by atoms with Crippen molar-refractivity contribution in [3.8, 4) is 11.1 Å². The number of fused-ring (bicyclic) bond motifs is 1. The molecule has 3 aromatic heterocycles. The molecule has 0 fully saturated rings. The van der Waals surface area contributed by atoms with Gasteiger partial charge in [-0.2, -0.15) is 0 Å². The van der Waals surface area contributed by atoms with Gasteiger partial charge in [0.1, 0.15) is 21.2 Å². The van der Waals surface area contributed by atoms with E-state index in [0.29, 0.717) is 49.2 Å². The molecule has 2 N–H and O–H groups in total. The summed E-state index contributed by atoms with van der Waals surface area (Å²) in [5, 5.41) is 5.52. The summed E-state index contributed by atoms with van der Waals surface area (Å²) in [4.78, 5) is 48.9. The van der Waals surface area contributed by atoms with Crippen LogP contribution in [0.4, 0.5) is 5.00 Å². The van der Waals surface area contributed by atoms with E-state index in [0.717, 1.165) is 28.0 Å². The van der Waals surface area contributed by atoms with Crippen molar-refractivity contribution in [2.45, 2.75) is 27.3 Å². The maximum Gasteiger partial charge on any atom is 0.341 e. The van der Waals surface area contributed by atoms with E-state index in [9.17, 15) is 14.4 Å². The Labute approximate surface area is 210 Å². The number of nitrogens with zero attached hydrogens (tertiary/aromatic N) is 2. The van der Waals surface area contributed by atoms with Gasteiger partial charge in [0.15, 0.2) is 0 Å². The number of thiophene rings is 2. The van der Waals surface area contributed by atoms with Crippen LogP contribution in [0.15, 0.2) is 28.4 Å². The summed E-state index contributed by atoms with van der Waals surface area (Å²) in [5.74, 6) is -0.402. The number of ether oxygens (including phenoxy) is 1. The molecule has 4 aromatic rings. The zero-order valence-corrected chi connectivity index (χ0v) is 22.0. The van der Waals surface area contributed by atoms with Crippen LogP contribution >= 0.6 is 22.7 Å². The van der Waals surface area contributed by atoms with Gasteiger partial charge in [0.25, 0.3) is 11.5 Å². The predicted octanol–water partition coefficient (Wildman–Crippen LogP) is 4.74. The number of aromatic amines is 1. The first-order valence-electron chi connectivity index (χ1n) is 10.9. The molecule has 3 heterocycles. The molecular weight excluding hydrogens is 484 g/mol. The van der Waals surface area contributed by atoms with Crippen LogP contribution in [0.5, 0.6) is 0 Å². The zero-order valence-electron chi connectivity index (χ0n) is 20.4. The van der Waals surface area contributed by atoms with E-state index in [-0.39, 0.29) is 5.56 Å². The maximum atomic E-state index is 13.3. The molecule has 0 bridgehead atoms. The highest BCUT2D eigenvalue weighted by Gasteiger charge is 2.26.